The minimum atomic E-state index is -0.542. The van der Waals surface area contributed by atoms with Gasteiger partial charge in [0.15, 0.2) is 5.75 Å². The summed E-state index contributed by atoms with van der Waals surface area (Å²) in [6.07, 6.45) is 1.00. The molecule has 0 amide bonds. The van der Waals surface area contributed by atoms with E-state index in [1.807, 2.05) is 0 Å². The van der Waals surface area contributed by atoms with Gasteiger partial charge >= 0.3 is 7.69 Å². The van der Waals surface area contributed by atoms with Crippen LogP contribution in [0.2, 0.25) is 0 Å². The van der Waals surface area contributed by atoms with Gasteiger partial charge in [0, 0.05) is 6.07 Å². The van der Waals surface area contributed by atoms with Gasteiger partial charge < -0.3 is 14.4 Å². The number of hydrogen-bond acceptors (Lipinski definition) is 4. The molecule has 0 radical (unpaired) electrons. The van der Waals surface area contributed by atoms with Crippen LogP contribution in [0.1, 0.15) is 0 Å². The molecule has 1 N–H and O–H groups in total. The topological polar surface area (TPSA) is 51.6 Å². The maximum atomic E-state index is 12.5. The Hall–Kier alpha value is -1.30. The standard InChI is InChI=1S/C6H7BFNO3/c1-11-6-5(12-7-10)2-4(8)3-9-6/h2-3,7,10H,1H3. The lowest BCUT2D eigenvalue weighted by atomic mass is 10.3. The highest BCUT2D eigenvalue weighted by molar-refractivity contribution is 6.17. The Balaban J connectivity index is 2.95. The van der Waals surface area contributed by atoms with Crippen LogP contribution in [0.5, 0.6) is 11.6 Å². The molecule has 1 aromatic rings. The largest absolute Gasteiger partial charge is 0.535 e. The normalized spacial score (nSPS) is 9.25. The summed E-state index contributed by atoms with van der Waals surface area (Å²) >= 11 is 0. The zero-order valence-electron chi connectivity index (χ0n) is 6.45. The molecule has 1 rings (SSSR count). The molecular formula is C6H7BFNO3. The van der Waals surface area contributed by atoms with E-state index in [0.717, 1.165) is 12.3 Å². The molecule has 0 saturated heterocycles. The van der Waals surface area contributed by atoms with Gasteiger partial charge in [0.2, 0.25) is 0 Å². The average Bonchev–Trinajstić information content (AvgIpc) is 2.05. The van der Waals surface area contributed by atoms with Gasteiger partial charge in [-0.25, -0.2) is 9.37 Å². The Morgan fingerprint density at radius 2 is 2.42 bits per heavy atom. The van der Waals surface area contributed by atoms with Crippen molar-refractivity contribution in [1.82, 2.24) is 4.98 Å². The average molecular weight is 171 g/mol. The van der Waals surface area contributed by atoms with Gasteiger partial charge in [-0.1, -0.05) is 0 Å². The summed E-state index contributed by atoms with van der Waals surface area (Å²) in [6.45, 7) is 0. The number of ether oxygens (including phenoxy) is 1. The molecule has 1 aromatic heterocycles. The first kappa shape index (κ1) is 8.80. The third-order valence-electron chi connectivity index (χ3n) is 1.20. The van der Waals surface area contributed by atoms with Gasteiger partial charge in [-0.05, 0) is 0 Å². The van der Waals surface area contributed by atoms with E-state index >= 15 is 0 Å². The fraction of sp³-hybridized carbons (Fsp3) is 0.167. The van der Waals surface area contributed by atoms with Crippen molar-refractivity contribution in [3.8, 4) is 11.6 Å². The van der Waals surface area contributed by atoms with E-state index in [1.165, 1.54) is 7.11 Å². The van der Waals surface area contributed by atoms with Crippen LogP contribution >= 0.6 is 0 Å². The third-order valence-corrected chi connectivity index (χ3v) is 1.20. The number of halogens is 1. The molecule has 6 heteroatoms. The molecule has 0 aliphatic carbocycles. The molecule has 12 heavy (non-hydrogen) atoms. The summed E-state index contributed by atoms with van der Waals surface area (Å²) in [5.41, 5.74) is 0. The second-order valence-corrected chi connectivity index (χ2v) is 1.93. The van der Waals surface area contributed by atoms with Crippen LogP contribution in [0.4, 0.5) is 4.39 Å². The molecule has 0 spiro atoms. The molecule has 0 fully saturated rings. The molecule has 0 aliphatic heterocycles. The lowest BCUT2D eigenvalue weighted by molar-refractivity contribution is 0.364. The molecule has 4 nitrogen and oxygen atoms in total. The van der Waals surface area contributed by atoms with Gasteiger partial charge in [-0.15, -0.1) is 0 Å². The quantitative estimate of drug-likeness (QED) is 0.643. The van der Waals surface area contributed by atoms with E-state index < -0.39 is 13.5 Å². The van der Waals surface area contributed by atoms with Crippen molar-refractivity contribution in [3.63, 3.8) is 0 Å². The van der Waals surface area contributed by atoms with Gasteiger partial charge in [0.05, 0.1) is 13.3 Å². The smallest absolute Gasteiger partial charge is 0.504 e. The molecule has 0 atom stereocenters. The van der Waals surface area contributed by atoms with Crippen LogP contribution < -0.4 is 9.39 Å². The summed E-state index contributed by atoms with van der Waals surface area (Å²) < 4.78 is 21.9. The van der Waals surface area contributed by atoms with Crippen molar-refractivity contribution >= 4 is 7.69 Å². The van der Waals surface area contributed by atoms with Gasteiger partial charge in [0.25, 0.3) is 5.88 Å². The van der Waals surface area contributed by atoms with E-state index in [9.17, 15) is 4.39 Å². The summed E-state index contributed by atoms with van der Waals surface area (Å²) in [5.74, 6) is -0.315. The number of rotatable bonds is 3. The number of nitrogens with zero attached hydrogens (tertiary/aromatic N) is 1. The molecule has 0 bridgehead atoms. The summed E-state index contributed by atoms with van der Waals surface area (Å²) in [5, 5.41) is 8.40. The summed E-state index contributed by atoms with van der Waals surface area (Å²) in [4.78, 5) is 3.58. The predicted molar refractivity (Wildman–Crippen MR) is 40.7 cm³/mol. The minimum absolute atomic E-state index is 0.0833. The summed E-state index contributed by atoms with van der Waals surface area (Å²) in [7, 11) is 0.839. The lowest BCUT2D eigenvalue weighted by Gasteiger charge is -2.06. The Kier molecular flexibility index (Phi) is 2.87. The van der Waals surface area contributed by atoms with Gasteiger partial charge in [-0.2, -0.15) is 0 Å². The van der Waals surface area contributed by atoms with E-state index in [2.05, 4.69) is 9.64 Å². The first-order valence-electron chi connectivity index (χ1n) is 3.21. The molecule has 0 saturated carbocycles. The van der Waals surface area contributed by atoms with Crippen molar-refractivity contribution in [2.45, 2.75) is 0 Å². The van der Waals surface area contributed by atoms with Gasteiger partial charge in [-0.3, -0.25) is 0 Å². The highest BCUT2D eigenvalue weighted by Gasteiger charge is 2.06. The van der Waals surface area contributed by atoms with Gasteiger partial charge in [0.1, 0.15) is 5.82 Å². The number of pyridine rings is 1. The van der Waals surface area contributed by atoms with Crippen LogP contribution in [0.15, 0.2) is 12.3 Å². The first-order chi connectivity index (χ1) is 5.77. The molecule has 0 aromatic carbocycles. The van der Waals surface area contributed by atoms with E-state index in [-0.39, 0.29) is 11.6 Å². The Morgan fingerprint density at radius 3 is 3.00 bits per heavy atom. The monoisotopic (exact) mass is 171 g/mol. The van der Waals surface area contributed by atoms with Crippen LogP contribution in [0.3, 0.4) is 0 Å². The van der Waals surface area contributed by atoms with Crippen molar-refractivity contribution < 1.29 is 18.8 Å². The van der Waals surface area contributed by atoms with E-state index in [1.54, 1.807) is 0 Å². The third kappa shape index (κ3) is 1.85. The molecule has 0 unspecified atom stereocenters. The fourth-order valence-corrected chi connectivity index (χ4v) is 0.734. The fourth-order valence-electron chi connectivity index (χ4n) is 0.734. The molecule has 64 valence electrons. The van der Waals surface area contributed by atoms with Crippen molar-refractivity contribution in [3.05, 3.63) is 18.1 Å². The second-order valence-electron chi connectivity index (χ2n) is 1.93. The second kappa shape index (κ2) is 3.92. The number of hydrogen-bond donors (Lipinski definition) is 1. The predicted octanol–water partition coefficient (Wildman–Crippen LogP) is -0.133. The Labute approximate surface area is 69.3 Å². The van der Waals surface area contributed by atoms with Crippen LogP contribution in [0, 0.1) is 5.82 Å². The first-order valence-corrected chi connectivity index (χ1v) is 3.21. The summed E-state index contributed by atoms with van der Waals surface area (Å²) in [6, 6.07) is 1.09. The Morgan fingerprint density at radius 1 is 1.67 bits per heavy atom. The molecule has 1 heterocycles. The zero-order valence-corrected chi connectivity index (χ0v) is 6.45. The molecular weight excluding hydrogens is 164 g/mol. The van der Waals surface area contributed by atoms with E-state index in [4.69, 9.17) is 9.76 Å². The van der Waals surface area contributed by atoms with Crippen LogP contribution in [-0.4, -0.2) is 24.8 Å². The minimum Gasteiger partial charge on any atom is -0.535 e. The SMILES string of the molecule is COc1ncc(F)cc1OBO. The van der Waals surface area contributed by atoms with Crippen molar-refractivity contribution in [1.29, 1.82) is 0 Å². The Bertz CT molecular complexity index is 271. The molecule has 0 aliphatic rings. The van der Waals surface area contributed by atoms with Crippen LogP contribution in [-0.2, 0) is 0 Å². The maximum Gasteiger partial charge on any atom is 0.504 e. The van der Waals surface area contributed by atoms with Crippen LogP contribution in [0.25, 0.3) is 0 Å². The number of aromatic nitrogens is 1. The highest BCUT2D eigenvalue weighted by atomic mass is 19.1. The number of methoxy groups -OCH3 is 1. The van der Waals surface area contributed by atoms with Crippen molar-refractivity contribution in [2.24, 2.45) is 0 Å². The van der Waals surface area contributed by atoms with E-state index in [0.29, 0.717) is 0 Å². The zero-order chi connectivity index (χ0) is 8.97. The highest BCUT2D eigenvalue weighted by Crippen LogP contribution is 2.23. The van der Waals surface area contributed by atoms with Crippen molar-refractivity contribution in [2.75, 3.05) is 7.11 Å². The maximum absolute atomic E-state index is 12.5. The lowest BCUT2D eigenvalue weighted by Crippen LogP contribution is -2.03.